The number of carbonyl (C=O) groups excluding carboxylic acids is 1. The van der Waals surface area contributed by atoms with Gasteiger partial charge in [-0.05, 0) is 29.1 Å². The quantitative estimate of drug-likeness (QED) is 0.448. The number of hydrogen-bond acceptors (Lipinski definition) is 3. The second-order valence-corrected chi connectivity index (χ2v) is 8.35. The van der Waals surface area contributed by atoms with Crippen molar-refractivity contribution in [2.45, 2.75) is 12.1 Å². The molecule has 5 rings (SSSR count). The van der Waals surface area contributed by atoms with Crippen LogP contribution in [0.15, 0.2) is 89.4 Å². The second-order valence-electron chi connectivity index (χ2n) is 7.43. The largest absolute Gasteiger partial charge is 0.507 e. The maximum absolute atomic E-state index is 13.6. The average molecular weight is 460 g/mol. The van der Waals surface area contributed by atoms with Crippen molar-refractivity contribution in [3.8, 4) is 5.75 Å². The Hall–Kier alpha value is -3.15. The van der Waals surface area contributed by atoms with Crippen LogP contribution in [0.5, 0.6) is 5.75 Å². The number of rotatable bonds is 3. The molecule has 1 atom stereocenters. The van der Waals surface area contributed by atoms with Gasteiger partial charge < -0.3 is 15.1 Å². The lowest BCUT2D eigenvalue weighted by atomic mass is 9.85. The number of phenolic OH excluding ortho intramolecular Hbond substituents is 1. The van der Waals surface area contributed by atoms with Gasteiger partial charge in [0.15, 0.2) is 5.60 Å². The molecule has 5 heteroatoms. The molecule has 0 radical (unpaired) electrons. The van der Waals surface area contributed by atoms with Gasteiger partial charge in [-0.2, -0.15) is 0 Å². The fourth-order valence-electron chi connectivity index (χ4n) is 4.18. The van der Waals surface area contributed by atoms with Gasteiger partial charge in [-0.25, -0.2) is 0 Å². The van der Waals surface area contributed by atoms with E-state index in [0.717, 1.165) is 15.4 Å². The third-order valence-electron chi connectivity index (χ3n) is 5.67. The molecule has 1 aliphatic rings. The molecule has 0 saturated heterocycles. The van der Waals surface area contributed by atoms with E-state index in [9.17, 15) is 15.0 Å². The monoisotopic (exact) mass is 459 g/mol. The maximum Gasteiger partial charge on any atom is 0.268 e. The predicted molar refractivity (Wildman–Crippen MR) is 120 cm³/mol. The van der Waals surface area contributed by atoms with E-state index in [4.69, 9.17) is 0 Å². The molecule has 0 spiro atoms. The summed E-state index contributed by atoms with van der Waals surface area (Å²) in [5.74, 6) is -0.568. The molecule has 148 valence electrons. The number of amides is 1. The summed E-state index contributed by atoms with van der Waals surface area (Å²) < 4.78 is 0.745. The van der Waals surface area contributed by atoms with E-state index in [1.165, 1.54) is 0 Å². The van der Waals surface area contributed by atoms with Gasteiger partial charge in [-0.1, -0.05) is 82.7 Å². The first-order chi connectivity index (χ1) is 14.5. The van der Waals surface area contributed by atoms with E-state index in [0.29, 0.717) is 23.2 Å². The number of hydrogen-bond donors (Lipinski definition) is 2. The zero-order chi connectivity index (χ0) is 20.9. The first-order valence-corrected chi connectivity index (χ1v) is 10.4. The summed E-state index contributed by atoms with van der Waals surface area (Å²) in [6.45, 7) is 0.324. The molecule has 0 aromatic heterocycles. The van der Waals surface area contributed by atoms with Crippen LogP contribution in [0.1, 0.15) is 16.7 Å². The number of carbonyl (C=O) groups is 1. The minimum atomic E-state index is -1.98. The van der Waals surface area contributed by atoms with Crippen LogP contribution >= 0.6 is 15.9 Å². The van der Waals surface area contributed by atoms with Crippen LogP contribution in [0.2, 0.25) is 0 Å². The van der Waals surface area contributed by atoms with Crippen LogP contribution < -0.4 is 4.90 Å². The number of halogens is 1. The van der Waals surface area contributed by atoms with Crippen molar-refractivity contribution >= 4 is 38.3 Å². The van der Waals surface area contributed by atoms with Gasteiger partial charge in [-0.3, -0.25) is 4.79 Å². The molecule has 1 amide bonds. The Kier molecular flexibility index (Phi) is 4.38. The molecule has 2 N–H and O–H groups in total. The smallest absolute Gasteiger partial charge is 0.268 e. The number of aromatic hydroxyl groups is 1. The summed E-state index contributed by atoms with van der Waals surface area (Å²) >= 11 is 3.45. The molecule has 0 aliphatic carbocycles. The van der Waals surface area contributed by atoms with Crippen LogP contribution in [0, 0.1) is 0 Å². The Balaban J connectivity index is 1.71. The van der Waals surface area contributed by atoms with Gasteiger partial charge in [0.05, 0.1) is 12.2 Å². The molecule has 0 bridgehead atoms. The minimum absolute atomic E-state index is 0.0866. The summed E-state index contributed by atoms with van der Waals surface area (Å²) in [4.78, 5) is 15.2. The van der Waals surface area contributed by atoms with Gasteiger partial charge in [0.25, 0.3) is 5.91 Å². The fraction of sp³-hybridized carbons (Fsp3) is 0.0800. The Bertz CT molecular complexity index is 1290. The van der Waals surface area contributed by atoms with Crippen molar-refractivity contribution in [1.82, 2.24) is 0 Å². The van der Waals surface area contributed by atoms with Crippen LogP contribution in [-0.4, -0.2) is 16.1 Å². The zero-order valence-corrected chi connectivity index (χ0v) is 17.5. The van der Waals surface area contributed by atoms with Crippen molar-refractivity contribution in [2.24, 2.45) is 0 Å². The lowest BCUT2D eigenvalue weighted by Gasteiger charge is -2.25. The molecule has 4 aromatic carbocycles. The molecule has 4 nitrogen and oxygen atoms in total. The summed E-state index contributed by atoms with van der Waals surface area (Å²) in [5.41, 5.74) is 0.223. The Morgan fingerprint density at radius 2 is 1.60 bits per heavy atom. The lowest BCUT2D eigenvalue weighted by Crippen LogP contribution is -2.41. The Labute approximate surface area is 182 Å². The average Bonchev–Trinajstić information content (AvgIpc) is 2.97. The van der Waals surface area contributed by atoms with E-state index in [-0.39, 0.29) is 11.3 Å². The second kappa shape index (κ2) is 6.97. The van der Waals surface area contributed by atoms with Gasteiger partial charge in [0.1, 0.15) is 5.75 Å². The molecule has 4 aromatic rings. The van der Waals surface area contributed by atoms with Crippen LogP contribution in [0.25, 0.3) is 10.8 Å². The van der Waals surface area contributed by atoms with E-state index < -0.39 is 11.5 Å². The fourth-order valence-corrected chi connectivity index (χ4v) is 4.54. The molecule has 1 heterocycles. The van der Waals surface area contributed by atoms with E-state index in [1.54, 1.807) is 23.1 Å². The van der Waals surface area contributed by atoms with Crippen LogP contribution in [0.4, 0.5) is 5.69 Å². The molecule has 0 fully saturated rings. The molecule has 30 heavy (non-hydrogen) atoms. The highest BCUT2D eigenvalue weighted by atomic mass is 79.9. The number of phenols is 1. The number of benzene rings is 4. The third kappa shape index (κ3) is 2.74. The maximum atomic E-state index is 13.6. The lowest BCUT2D eigenvalue weighted by molar-refractivity contribution is -0.132. The SMILES string of the molecule is O=C1N(Cc2ccccc2)c2ccc(Br)cc2C1(O)c1ccc2ccccc2c1O. The highest BCUT2D eigenvalue weighted by Gasteiger charge is 2.52. The number of aliphatic hydroxyl groups is 1. The van der Waals surface area contributed by atoms with E-state index in [2.05, 4.69) is 15.9 Å². The van der Waals surface area contributed by atoms with Gasteiger partial charge in [-0.15, -0.1) is 0 Å². The predicted octanol–water partition coefficient (Wildman–Crippen LogP) is 5.09. The summed E-state index contributed by atoms with van der Waals surface area (Å²) in [5, 5.41) is 24.3. The Morgan fingerprint density at radius 1 is 0.867 bits per heavy atom. The van der Waals surface area contributed by atoms with Crippen molar-refractivity contribution in [2.75, 3.05) is 4.90 Å². The van der Waals surface area contributed by atoms with Gasteiger partial charge >= 0.3 is 0 Å². The highest BCUT2D eigenvalue weighted by Crippen LogP contribution is 2.49. The Morgan fingerprint density at radius 3 is 2.40 bits per heavy atom. The molecule has 1 unspecified atom stereocenters. The molecule has 1 aliphatic heterocycles. The van der Waals surface area contributed by atoms with Crippen molar-refractivity contribution in [3.63, 3.8) is 0 Å². The third-order valence-corrected chi connectivity index (χ3v) is 6.16. The first kappa shape index (κ1) is 18.9. The first-order valence-electron chi connectivity index (χ1n) is 9.59. The number of fused-ring (bicyclic) bond motifs is 2. The van der Waals surface area contributed by atoms with Gasteiger partial charge in [0, 0.05) is 21.0 Å². The number of anilines is 1. The zero-order valence-electron chi connectivity index (χ0n) is 15.9. The standard InChI is InChI=1S/C25H18BrNO3/c26-18-11-13-22-21(14-18)25(30,24(29)27(22)15-16-6-2-1-3-7-16)20-12-10-17-8-4-5-9-19(17)23(20)28/h1-14,28,30H,15H2. The van der Waals surface area contributed by atoms with Crippen molar-refractivity contribution in [3.05, 3.63) is 106 Å². The summed E-state index contributed by atoms with van der Waals surface area (Å²) in [6.07, 6.45) is 0. The molecular weight excluding hydrogens is 442 g/mol. The highest BCUT2D eigenvalue weighted by molar-refractivity contribution is 9.10. The topological polar surface area (TPSA) is 60.8 Å². The van der Waals surface area contributed by atoms with Crippen molar-refractivity contribution in [1.29, 1.82) is 0 Å². The summed E-state index contributed by atoms with van der Waals surface area (Å²) in [6, 6.07) is 25.8. The van der Waals surface area contributed by atoms with E-state index in [1.807, 2.05) is 66.7 Å². The van der Waals surface area contributed by atoms with Gasteiger partial charge in [0.2, 0.25) is 0 Å². The number of nitrogens with zero attached hydrogens (tertiary/aromatic N) is 1. The minimum Gasteiger partial charge on any atom is -0.507 e. The normalized spacial score (nSPS) is 18.1. The summed E-state index contributed by atoms with van der Waals surface area (Å²) in [7, 11) is 0. The van der Waals surface area contributed by atoms with E-state index >= 15 is 0 Å². The van der Waals surface area contributed by atoms with Crippen LogP contribution in [0.3, 0.4) is 0 Å². The van der Waals surface area contributed by atoms with Crippen LogP contribution in [-0.2, 0) is 16.9 Å². The molecule has 0 saturated carbocycles. The van der Waals surface area contributed by atoms with Crippen molar-refractivity contribution < 1.29 is 15.0 Å². The molecular formula is C25H18BrNO3.